The fourth-order valence-electron chi connectivity index (χ4n) is 3.94. The summed E-state index contributed by atoms with van der Waals surface area (Å²) in [5, 5.41) is 8.50. The Kier molecular flexibility index (Phi) is 7.30. The summed E-state index contributed by atoms with van der Waals surface area (Å²) in [4.78, 5) is 18.7. The molecule has 0 N–H and O–H groups in total. The molecule has 31 heavy (non-hydrogen) atoms. The predicted octanol–water partition coefficient (Wildman–Crippen LogP) is 5.00. The monoisotopic (exact) mass is 472 g/mol. The lowest BCUT2D eigenvalue weighted by molar-refractivity contribution is -0.130. The second kappa shape index (κ2) is 10.1. The summed E-state index contributed by atoms with van der Waals surface area (Å²) in [6, 6.07) is 12.4. The highest BCUT2D eigenvalue weighted by Gasteiger charge is 2.33. The molecule has 1 unspecified atom stereocenters. The van der Waals surface area contributed by atoms with Crippen molar-refractivity contribution in [3.63, 3.8) is 0 Å². The number of carbonyl (C=O) groups is 1. The standard InChI is InChI=1S/C23H28N4OS3/c1-25(2)18-10-8-17(9-11-18)20-15-19(21-7-6-14-30-21)24-27(20)22(28)16-31-23(29)26-12-4-3-5-13-26/h6-11,14,20H,3-5,12-13,15-16H2,1-2H3. The summed E-state index contributed by atoms with van der Waals surface area (Å²) in [7, 11) is 4.06. The van der Waals surface area contributed by atoms with Gasteiger partial charge in [-0.2, -0.15) is 5.10 Å². The Labute approximate surface area is 198 Å². The first kappa shape index (κ1) is 22.3. The third-order valence-corrected chi connectivity index (χ3v) is 8.13. The van der Waals surface area contributed by atoms with Crippen molar-refractivity contribution in [1.29, 1.82) is 0 Å². The minimum Gasteiger partial charge on any atom is -0.378 e. The van der Waals surface area contributed by atoms with E-state index in [-0.39, 0.29) is 11.9 Å². The van der Waals surface area contributed by atoms with E-state index in [9.17, 15) is 4.79 Å². The lowest BCUT2D eigenvalue weighted by Gasteiger charge is -2.29. The number of piperidine rings is 1. The molecule has 5 nitrogen and oxygen atoms in total. The van der Waals surface area contributed by atoms with Crippen LogP contribution in [0.25, 0.3) is 0 Å². The predicted molar refractivity (Wildman–Crippen MR) is 136 cm³/mol. The molecule has 1 amide bonds. The summed E-state index contributed by atoms with van der Waals surface area (Å²) < 4.78 is 0.835. The fraction of sp³-hybridized carbons (Fsp3) is 0.435. The number of hydrazone groups is 1. The van der Waals surface area contributed by atoms with Gasteiger partial charge in [-0.25, -0.2) is 5.01 Å². The number of thiophene rings is 1. The minimum absolute atomic E-state index is 0.0117. The zero-order valence-corrected chi connectivity index (χ0v) is 20.4. The van der Waals surface area contributed by atoms with Gasteiger partial charge in [0, 0.05) is 39.3 Å². The summed E-state index contributed by atoms with van der Waals surface area (Å²) >= 11 is 8.74. The van der Waals surface area contributed by atoms with E-state index in [4.69, 9.17) is 17.3 Å². The number of carbonyl (C=O) groups excluding carboxylic acids is 1. The maximum Gasteiger partial charge on any atom is 0.253 e. The van der Waals surface area contributed by atoms with Crippen LogP contribution >= 0.6 is 35.3 Å². The number of benzene rings is 1. The Morgan fingerprint density at radius 3 is 2.58 bits per heavy atom. The van der Waals surface area contributed by atoms with Gasteiger partial charge in [-0.15, -0.1) is 11.3 Å². The zero-order valence-electron chi connectivity index (χ0n) is 18.0. The van der Waals surface area contributed by atoms with E-state index < -0.39 is 0 Å². The molecule has 0 saturated carbocycles. The van der Waals surface area contributed by atoms with Crippen LogP contribution in [-0.4, -0.2) is 58.8 Å². The number of likely N-dealkylation sites (tertiary alicyclic amines) is 1. The van der Waals surface area contributed by atoms with E-state index in [1.807, 2.05) is 20.2 Å². The molecule has 164 valence electrons. The zero-order chi connectivity index (χ0) is 21.8. The van der Waals surface area contributed by atoms with Gasteiger partial charge in [0.15, 0.2) is 0 Å². The van der Waals surface area contributed by atoms with Gasteiger partial charge in [-0.05, 0) is 48.4 Å². The van der Waals surface area contributed by atoms with Gasteiger partial charge in [0.25, 0.3) is 5.91 Å². The Morgan fingerprint density at radius 2 is 1.94 bits per heavy atom. The van der Waals surface area contributed by atoms with E-state index in [1.54, 1.807) is 16.3 Å². The average molecular weight is 473 g/mol. The molecule has 0 aliphatic carbocycles. The molecular formula is C23H28N4OS3. The van der Waals surface area contributed by atoms with Crippen molar-refractivity contribution in [1.82, 2.24) is 9.91 Å². The van der Waals surface area contributed by atoms with E-state index in [0.717, 1.165) is 45.7 Å². The van der Waals surface area contributed by atoms with Gasteiger partial charge in [0.2, 0.25) is 0 Å². The first-order chi connectivity index (χ1) is 15.0. The minimum atomic E-state index is -0.0787. The van der Waals surface area contributed by atoms with Crippen molar-refractivity contribution in [3.8, 4) is 0 Å². The first-order valence-corrected chi connectivity index (χ1v) is 12.9. The Morgan fingerprint density at radius 1 is 1.19 bits per heavy atom. The van der Waals surface area contributed by atoms with Gasteiger partial charge >= 0.3 is 0 Å². The topological polar surface area (TPSA) is 39.1 Å². The number of amides is 1. The van der Waals surface area contributed by atoms with Crippen LogP contribution in [0.1, 0.15) is 42.2 Å². The van der Waals surface area contributed by atoms with E-state index >= 15 is 0 Å². The smallest absolute Gasteiger partial charge is 0.253 e. The maximum atomic E-state index is 13.2. The average Bonchev–Trinajstić information content (AvgIpc) is 3.48. The second-order valence-electron chi connectivity index (χ2n) is 8.07. The van der Waals surface area contributed by atoms with Crippen LogP contribution in [0.15, 0.2) is 46.9 Å². The molecule has 2 aliphatic rings. The number of hydrogen-bond acceptors (Lipinski definition) is 6. The Hall–Kier alpha value is -1.90. The van der Waals surface area contributed by atoms with E-state index in [1.165, 1.54) is 31.0 Å². The summed E-state index contributed by atoms with van der Waals surface area (Å²) in [6.45, 7) is 2.01. The number of rotatable bonds is 5. The third-order valence-electron chi connectivity index (χ3n) is 5.70. The molecule has 2 aliphatic heterocycles. The Bertz CT molecular complexity index is 934. The Balaban J connectivity index is 1.49. The largest absolute Gasteiger partial charge is 0.378 e. The highest BCUT2D eigenvalue weighted by molar-refractivity contribution is 8.23. The first-order valence-electron chi connectivity index (χ1n) is 10.7. The van der Waals surface area contributed by atoms with Gasteiger partial charge in [0.1, 0.15) is 4.32 Å². The molecule has 1 aromatic carbocycles. The fourth-order valence-corrected chi connectivity index (χ4v) is 5.77. The van der Waals surface area contributed by atoms with Crippen LogP contribution in [0.5, 0.6) is 0 Å². The van der Waals surface area contributed by atoms with Gasteiger partial charge < -0.3 is 9.80 Å². The summed E-state index contributed by atoms with van der Waals surface area (Å²) in [5.74, 6) is 0.334. The molecule has 3 heterocycles. The van der Waals surface area contributed by atoms with Crippen molar-refractivity contribution in [2.75, 3.05) is 37.8 Å². The highest BCUT2D eigenvalue weighted by Crippen LogP contribution is 2.35. The van der Waals surface area contributed by atoms with Crippen molar-refractivity contribution >= 4 is 56.9 Å². The molecule has 8 heteroatoms. The SMILES string of the molecule is CN(C)c1ccc(C2CC(c3cccs3)=NN2C(=O)CSC(=S)N2CCCCC2)cc1. The van der Waals surface area contributed by atoms with Crippen LogP contribution < -0.4 is 4.90 Å². The van der Waals surface area contributed by atoms with Gasteiger partial charge in [0.05, 0.1) is 22.4 Å². The normalized spacial score (nSPS) is 18.8. The van der Waals surface area contributed by atoms with Crippen LogP contribution in [0, 0.1) is 0 Å². The van der Waals surface area contributed by atoms with Crippen LogP contribution in [-0.2, 0) is 4.79 Å². The highest BCUT2D eigenvalue weighted by atomic mass is 32.2. The molecule has 0 spiro atoms. The number of nitrogens with zero attached hydrogens (tertiary/aromatic N) is 4. The molecule has 1 aromatic heterocycles. The van der Waals surface area contributed by atoms with Crippen LogP contribution in [0.4, 0.5) is 5.69 Å². The van der Waals surface area contributed by atoms with E-state index in [2.05, 4.69) is 45.5 Å². The third kappa shape index (κ3) is 5.30. The van der Waals surface area contributed by atoms with Crippen LogP contribution in [0.2, 0.25) is 0 Å². The number of thioether (sulfide) groups is 1. The number of anilines is 1. The number of hydrogen-bond donors (Lipinski definition) is 0. The molecular weight excluding hydrogens is 444 g/mol. The number of thiocarbonyl (C=S) groups is 1. The lowest BCUT2D eigenvalue weighted by Crippen LogP contribution is -2.34. The van der Waals surface area contributed by atoms with Crippen molar-refractivity contribution in [2.24, 2.45) is 5.10 Å². The van der Waals surface area contributed by atoms with Gasteiger partial charge in [-0.3, -0.25) is 4.79 Å². The molecule has 1 fully saturated rings. The van der Waals surface area contributed by atoms with Gasteiger partial charge in [-0.1, -0.05) is 42.2 Å². The molecule has 1 atom stereocenters. The summed E-state index contributed by atoms with van der Waals surface area (Å²) in [5.41, 5.74) is 3.23. The molecule has 1 saturated heterocycles. The maximum absolute atomic E-state index is 13.2. The second-order valence-corrected chi connectivity index (χ2v) is 10.6. The van der Waals surface area contributed by atoms with Crippen molar-refractivity contribution in [3.05, 3.63) is 52.2 Å². The molecule has 4 rings (SSSR count). The quantitative estimate of drug-likeness (QED) is 0.573. The van der Waals surface area contributed by atoms with Crippen LogP contribution in [0.3, 0.4) is 0 Å². The molecule has 0 radical (unpaired) electrons. The van der Waals surface area contributed by atoms with Crippen molar-refractivity contribution < 1.29 is 4.79 Å². The lowest BCUT2D eigenvalue weighted by atomic mass is 10.0. The van der Waals surface area contributed by atoms with Crippen molar-refractivity contribution in [2.45, 2.75) is 31.7 Å². The van der Waals surface area contributed by atoms with E-state index in [0.29, 0.717) is 5.75 Å². The molecule has 0 bridgehead atoms. The summed E-state index contributed by atoms with van der Waals surface area (Å²) in [6.07, 6.45) is 4.36. The molecule has 2 aromatic rings.